The van der Waals surface area contributed by atoms with Crippen LogP contribution < -0.4 is 0 Å². The van der Waals surface area contributed by atoms with Gasteiger partial charge in [0.1, 0.15) is 0 Å². The minimum atomic E-state index is -4.30. The summed E-state index contributed by atoms with van der Waals surface area (Å²) in [4.78, 5) is 31.7. The standard InChI is InChI=1S/C19H24F3N3O2/c20-19(21,22)6-2-16(26)24-11-7-18(8-12-24)5-1-17(27)25(14-18)13-15-3-9-23-10-4-15/h3-4,9-10H,1-2,5-8,11-14H2. The topological polar surface area (TPSA) is 53.5 Å². The number of amides is 2. The van der Waals surface area contributed by atoms with Gasteiger partial charge in [-0.25, -0.2) is 0 Å². The summed E-state index contributed by atoms with van der Waals surface area (Å²) in [6, 6.07) is 3.77. The fourth-order valence-corrected chi connectivity index (χ4v) is 4.00. The normalized spacial score (nSPS) is 20.2. The minimum Gasteiger partial charge on any atom is -0.343 e. The molecule has 3 heterocycles. The summed E-state index contributed by atoms with van der Waals surface area (Å²) in [6.45, 7) is 2.11. The van der Waals surface area contributed by atoms with Crippen molar-refractivity contribution in [2.24, 2.45) is 5.41 Å². The predicted molar refractivity (Wildman–Crippen MR) is 92.4 cm³/mol. The van der Waals surface area contributed by atoms with E-state index in [1.807, 2.05) is 17.0 Å². The number of piperidine rings is 2. The summed E-state index contributed by atoms with van der Waals surface area (Å²) >= 11 is 0. The third-order valence-corrected chi connectivity index (χ3v) is 5.67. The molecule has 2 saturated heterocycles. The molecule has 3 rings (SSSR count). The molecular formula is C19H24F3N3O2. The SMILES string of the molecule is O=C(CCC(F)(F)F)N1CCC2(CCC(=O)N(Cc3ccncc3)C2)CC1. The van der Waals surface area contributed by atoms with Crippen molar-refractivity contribution in [3.05, 3.63) is 30.1 Å². The number of alkyl halides is 3. The first-order chi connectivity index (χ1) is 12.8. The van der Waals surface area contributed by atoms with Crippen LogP contribution in [0, 0.1) is 5.41 Å². The molecular weight excluding hydrogens is 359 g/mol. The van der Waals surface area contributed by atoms with Crippen LogP contribution in [0.5, 0.6) is 0 Å². The van der Waals surface area contributed by atoms with Crippen molar-refractivity contribution in [3.8, 4) is 0 Å². The average molecular weight is 383 g/mol. The maximum absolute atomic E-state index is 12.3. The Morgan fingerprint density at radius 3 is 2.44 bits per heavy atom. The fourth-order valence-electron chi connectivity index (χ4n) is 4.00. The first-order valence-corrected chi connectivity index (χ1v) is 9.28. The lowest BCUT2D eigenvalue weighted by Gasteiger charge is -2.47. The Kier molecular flexibility index (Phi) is 5.72. The van der Waals surface area contributed by atoms with Gasteiger partial charge in [-0.1, -0.05) is 0 Å². The van der Waals surface area contributed by atoms with E-state index < -0.39 is 24.9 Å². The van der Waals surface area contributed by atoms with Gasteiger partial charge in [0.2, 0.25) is 11.8 Å². The maximum atomic E-state index is 12.3. The van der Waals surface area contributed by atoms with Gasteiger partial charge in [-0.3, -0.25) is 14.6 Å². The number of hydrogen-bond donors (Lipinski definition) is 0. The number of nitrogens with zero attached hydrogens (tertiary/aromatic N) is 3. The Morgan fingerprint density at radius 2 is 1.81 bits per heavy atom. The smallest absolute Gasteiger partial charge is 0.343 e. The summed E-state index contributed by atoms with van der Waals surface area (Å²) in [5.74, 6) is -0.302. The Labute approximate surface area is 156 Å². The number of halogens is 3. The van der Waals surface area contributed by atoms with Crippen LogP contribution in [0.4, 0.5) is 13.2 Å². The van der Waals surface area contributed by atoms with Gasteiger partial charge in [-0.05, 0) is 42.4 Å². The van der Waals surface area contributed by atoms with E-state index in [2.05, 4.69) is 4.98 Å². The largest absolute Gasteiger partial charge is 0.389 e. The minimum absolute atomic E-state index is 0.0399. The molecule has 1 spiro atoms. The van der Waals surface area contributed by atoms with Gasteiger partial charge in [-0.15, -0.1) is 0 Å². The molecule has 148 valence electrons. The number of pyridine rings is 1. The molecule has 0 aliphatic carbocycles. The number of hydrogen-bond acceptors (Lipinski definition) is 3. The molecule has 2 aliphatic rings. The van der Waals surface area contributed by atoms with Gasteiger partial charge in [0.05, 0.1) is 6.42 Å². The van der Waals surface area contributed by atoms with E-state index in [0.29, 0.717) is 32.6 Å². The van der Waals surface area contributed by atoms with Gasteiger partial charge in [0, 0.05) is 51.4 Å². The number of carbonyl (C=O) groups excluding carboxylic acids is 2. The van der Waals surface area contributed by atoms with E-state index in [1.165, 1.54) is 0 Å². The molecule has 27 heavy (non-hydrogen) atoms. The third-order valence-electron chi connectivity index (χ3n) is 5.67. The van der Waals surface area contributed by atoms with Crippen LogP contribution in [0.1, 0.15) is 44.1 Å². The van der Waals surface area contributed by atoms with Gasteiger partial charge in [0.15, 0.2) is 0 Å². The maximum Gasteiger partial charge on any atom is 0.389 e. The van der Waals surface area contributed by atoms with Gasteiger partial charge in [0.25, 0.3) is 0 Å². The number of likely N-dealkylation sites (tertiary alicyclic amines) is 2. The van der Waals surface area contributed by atoms with Crippen LogP contribution in [0.2, 0.25) is 0 Å². The molecule has 0 saturated carbocycles. The fraction of sp³-hybridized carbons (Fsp3) is 0.632. The van der Waals surface area contributed by atoms with Crippen molar-refractivity contribution in [1.82, 2.24) is 14.8 Å². The quantitative estimate of drug-likeness (QED) is 0.803. The summed E-state index contributed by atoms with van der Waals surface area (Å²) in [7, 11) is 0. The molecule has 0 unspecified atom stereocenters. The zero-order chi connectivity index (χ0) is 19.5. The zero-order valence-corrected chi connectivity index (χ0v) is 15.2. The Bertz CT molecular complexity index is 671. The molecule has 0 N–H and O–H groups in total. The Hall–Kier alpha value is -2.12. The highest BCUT2D eigenvalue weighted by atomic mass is 19.4. The molecule has 2 aliphatic heterocycles. The second-order valence-corrected chi connectivity index (χ2v) is 7.60. The van der Waals surface area contributed by atoms with Crippen LogP contribution in [0.15, 0.2) is 24.5 Å². The van der Waals surface area contributed by atoms with Crippen molar-refractivity contribution < 1.29 is 22.8 Å². The molecule has 0 atom stereocenters. The van der Waals surface area contributed by atoms with Crippen LogP contribution in [0.25, 0.3) is 0 Å². The molecule has 5 nitrogen and oxygen atoms in total. The Morgan fingerprint density at radius 1 is 1.15 bits per heavy atom. The molecule has 0 radical (unpaired) electrons. The average Bonchev–Trinajstić information content (AvgIpc) is 2.64. The highest BCUT2D eigenvalue weighted by Crippen LogP contribution is 2.40. The first-order valence-electron chi connectivity index (χ1n) is 9.28. The molecule has 1 aromatic rings. The Balaban J connectivity index is 1.55. The summed E-state index contributed by atoms with van der Waals surface area (Å²) in [5, 5.41) is 0. The molecule has 1 aromatic heterocycles. The van der Waals surface area contributed by atoms with Crippen LogP contribution in [-0.4, -0.2) is 52.4 Å². The van der Waals surface area contributed by atoms with E-state index in [0.717, 1.165) is 24.8 Å². The third kappa shape index (κ3) is 5.20. The van der Waals surface area contributed by atoms with E-state index in [4.69, 9.17) is 0 Å². The summed E-state index contributed by atoms with van der Waals surface area (Å²) in [6.07, 6.45) is 0.260. The predicted octanol–water partition coefficient (Wildman–Crippen LogP) is 3.16. The molecule has 8 heteroatoms. The van der Waals surface area contributed by atoms with Gasteiger partial charge >= 0.3 is 6.18 Å². The molecule has 2 fully saturated rings. The number of rotatable bonds is 4. The lowest BCUT2D eigenvalue weighted by molar-refractivity contribution is -0.151. The van der Waals surface area contributed by atoms with Crippen molar-refractivity contribution in [1.29, 1.82) is 0 Å². The van der Waals surface area contributed by atoms with Gasteiger partial charge < -0.3 is 9.80 Å². The highest BCUT2D eigenvalue weighted by Gasteiger charge is 2.42. The molecule has 0 aromatic carbocycles. The van der Waals surface area contributed by atoms with Crippen LogP contribution in [0.3, 0.4) is 0 Å². The first kappa shape index (κ1) is 19.6. The summed E-state index contributed by atoms with van der Waals surface area (Å²) < 4.78 is 36.9. The number of carbonyl (C=O) groups is 2. The number of aromatic nitrogens is 1. The van der Waals surface area contributed by atoms with Crippen molar-refractivity contribution >= 4 is 11.8 Å². The zero-order valence-electron chi connectivity index (χ0n) is 15.2. The van der Waals surface area contributed by atoms with Crippen LogP contribution >= 0.6 is 0 Å². The molecule has 2 amide bonds. The van der Waals surface area contributed by atoms with Gasteiger partial charge in [-0.2, -0.15) is 13.2 Å². The van der Waals surface area contributed by atoms with Crippen molar-refractivity contribution in [2.75, 3.05) is 19.6 Å². The van der Waals surface area contributed by atoms with Crippen molar-refractivity contribution in [2.45, 2.75) is 51.2 Å². The monoisotopic (exact) mass is 383 g/mol. The van der Waals surface area contributed by atoms with E-state index in [1.54, 1.807) is 17.3 Å². The van der Waals surface area contributed by atoms with E-state index in [-0.39, 0.29) is 11.3 Å². The lowest BCUT2D eigenvalue weighted by atomic mass is 9.72. The highest BCUT2D eigenvalue weighted by molar-refractivity contribution is 5.77. The second kappa shape index (κ2) is 7.86. The van der Waals surface area contributed by atoms with Crippen LogP contribution in [-0.2, 0) is 16.1 Å². The van der Waals surface area contributed by atoms with Crippen molar-refractivity contribution in [3.63, 3.8) is 0 Å². The second-order valence-electron chi connectivity index (χ2n) is 7.60. The van der Waals surface area contributed by atoms with E-state index in [9.17, 15) is 22.8 Å². The lowest BCUT2D eigenvalue weighted by Crippen LogP contribution is -2.52. The molecule has 0 bridgehead atoms. The summed E-state index contributed by atoms with van der Waals surface area (Å²) in [5.41, 5.74) is 0.983. The van der Waals surface area contributed by atoms with E-state index >= 15 is 0 Å².